The van der Waals surface area contributed by atoms with E-state index in [1.807, 2.05) is 18.2 Å². The summed E-state index contributed by atoms with van der Waals surface area (Å²) in [6, 6.07) is 6.06. The molecular formula is C15H20N2O2. The average molecular weight is 260 g/mol. The van der Waals surface area contributed by atoms with Crippen molar-refractivity contribution in [3.05, 3.63) is 29.3 Å². The molecule has 19 heavy (non-hydrogen) atoms. The van der Waals surface area contributed by atoms with Crippen molar-refractivity contribution >= 4 is 11.6 Å². The molecule has 0 bridgehead atoms. The van der Waals surface area contributed by atoms with Gasteiger partial charge < -0.3 is 15.4 Å². The van der Waals surface area contributed by atoms with Crippen molar-refractivity contribution < 1.29 is 9.53 Å². The number of rotatable bonds is 3. The minimum Gasteiger partial charge on any atom is -0.384 e. The Morgan fingerprint density at radius 1 is 1.53 bits per heavy atom. The predicted octanol–water partition coefficient (Wildman–Crippen LogP) is 1.81. The van der Waals surface area contributed by atoms with Crippen LogP contribution in [-0.2, 0) is 11.2 Å². The molecule has 1 amide bonds. The van der Waals surface area contributed by atoms with Gasteiger partial charge in [0.05, 0.1) is 6.61 Å². The highest BCUT2D eigenvalue weighted by molar-refractivity contribution is 5.95. The average Bonchev–Trinajstić information content (AvgIpc) is 3.09. The Morgan fingerprint density at radius 2 is 2.42 bits per heavy atom. The molecule has 1 fully saturated rings. The summed E-state index contributed by atoms with van der Waals surface area (Å²) in [6.45, 7) is 4.60. The molecule has 2 atom stereocenters. The first-order valence-electron chi connectivity index (χ1n) is 6.99. The van der Waals surface area contributed by atoms with Crippen LogP contribution in [0.25, 0.3) is 0 Å². The predicted molar refractivity (Wildman–Crippen MR) is 74.5 cm³/mol. The van der Waals surface area contributed by atoms with Crippen LogP contribution in [0, 0.1) is 5.92 Å². The van der Waals surface area contributed by atoms with E-state index in [0.717, 1.165) is 43.9 Å². The molecule has 0 saturated carbocycles. The van der Waals surface area contributed by atoms with E-state index in [-0.39, 0.29) is 11.9 Å². The molecule has 4 heteroatoms. The van der Waals surface area contributed by atoms with Crippen LogP contribution in [0.3, 0.4) is 0 Å². The first kappa shape index (κ1) is 12.5. The highest BCUT2D eigenvalue weighted by Crippen LogP contribution is 2.23. The Morgan fingerprint density at radius 3 is 3.21 bits per heavy atom. The van der Waals surface area contributed by atoms with Crippen molar-refractivity contribution in [2.45, 2.75) is 25.8 Å². The monoisotopic (exact) mass is 260 g/mol. The number of benzene rings is 1. The Hall–Kier alpha value is -1.55. The van der Waals surface area contributed by atoms with E-state index in [9.17, 15) is 4.79 Å². The number of carbonyl (C=O) groups is 1. The highest BCUT2D eigenvalue weighted by atomic mass is 16.5. The fourth-order valence-electron chi connectivity index (χ4n) is 2.80. The zero-order valence-electron chi connectivity index (χ0n) is 11.2. The summed E-state index contributed by atoms with van der Waals surface area (Å²) >= 11 is 0. The van der Waals surface area contributed by atoms with E-state index in [4.69, 9.17) is 4.74 Å². The SMILES string of the molecule is CC(NC(=O)c1ccc2c(c1)CCN2)C1CCOC1. The van der Waals surface area contributed by atoms with Gasteiger partial charge in [0.15, 0.2) is 0 Å². The number of ether oxygens (including phenoxy) is 1. The van der Waals surface area contributed by atoms with E-state index in [2.05, 4.69) is 17.6 Å². The molecule has 2 heterocycles. The van der Waals surface area contributed by atoms with Crippen molar-refractivity contribution in [2.75, 3.05) is 25.1 Å². The van der Waals surface area contributed by atoms with Gasteiger partial charge in [0, 0.05) is 36.4 Å². The molecule has 1 aromatic rings. The molecule has 2 unspecified atom stereocenters. The van der Waals surface area contributed by atoms with Gasteiger partial charge in [-0.1, -0.05) is 0 Å². The lowest BCUT2D eigenvalue weighted by molar-refractivity contribution is 0.0922. The molecule has 0 radical (unpaired) electrons. The zero-order chi connectivity index (χ0) is 13.2. The van der Waals surface area contributed by atoms with Crippen molar-refractivity contribution in [2.24, 2.45) is 5.92 Å². The molecule has 1 aromatic carbocycles. The Kier molecular flexibility index (Phi) is 3.42. The number of nitrogens with one attached hydrogen (secondary N) is 2. The molecule has 2 aliphatic rings. The van der Waals surface area contributed by atoms with Gasteiger partial charge in [-0.05, 0) is 43.5 Å². The van der Waals surface area contributed by atoms with Gasteiger partial charge in [-0.25, -0.2) is 0 Å². The third kappa shape index (κ3) is 2.59. The second-order valence-corrected chi connectivity index (χ2v) is 5.43. The lowest BCUT2D eigenvalue weighted by Crippen LogP contribution is -2.38. The third-order valence-corrected chi connectivity index (χ3v) is 4.11. The van der Waals surface area contributed by atoms with Gasteiger partial charge in [0.25, 0.3) is 5.91 Å². The standard InChI is InChI=1S/C15H20N2O2/c1-10(13-5-7-19-9-13)17-15(18)12-2-3-14-11(8-12)4-6-16-14/h2-3,8,10,13,16H,4-7,9H2,1H3,(H,17,18). The Labute approximate surface area is 113 Å². The second kappa shape index (κ2) is 5.21. The van der Waals surface area contributed by atoms with E-state index >= 15 is 0 Å². The quantitative estimate of drug-likeness (QED) is 0.871. The first-order valence-corrected chi connectivity index (χ1v) is 6.99. The Balaban J connectivity index is 1.66. The maximum absolute atomic E-state index is 12.2. The largest absolute Gasteiger partial charge is 0.384 e. The van der Waals surface area contributed by atoms with Gasteiger partial charge >= 0.3 is 0 Å². The smallest absolute Gasteiger partial charge is 0.251 e. The lowest BCUT2D eigenvalue weighted by atomic mass is 10.00. The van der Waals surface area contributed by atoms with Gasteiger partial charge in [0.1, 0.15) is 0 Å². The number of hydrogen-bond acceptors (Lipinski definition) is 3. The van der Waals surface area contributed by atoms with E-state index in [1.165, 1.54) is 5.56 Å². The van der Waals surface area contributed by atoms with E-state index < -0.39 is 0 Å². The van der Waals surface area contributed by atoms with E-state index in [1.54, 1.807) is 0 Å². The summed E-state index contributed by atoms with van der Waals surface area (Å²) in [5, 5.41) is 6.39. The fraction of sp³-hybridized carbons (Fsp3) is 0.533. The number of carbonyl (C=O) groups excluding carboxylic acids is 1. The topological polar surface area (TPSA) is 50.4 Å². The molecule has 0 aliphatic carbocycles. The minimum atomic E-state index is 0.0223. The second-order valence-electron chi connectivity index (χ2n) is 5.43. The summed E-state index contributed by atoms with van der Waals surface area (Å²) in [5.74, 6) is 0.467. The normalized spacial score (nSPS) is 22.7. The van der Waals surface area contributed by atoms with E-state index in [0.29, 0.717) is 5.92 Å². The summed E-state index contributed by atoms with van der Waals surface area (Å²) in [5.41, 5.74) is 3.16. The third-order valence-electron chi connectivity index (χ3n) is 4.11. The zero-order valence-corrected chi connectivity index (χ0v) is 11.2. The number of amides is 1. The number of hydrogen-bond donors (Lipinski definition) is 2. The summed E-state index contributed by atoms with van der Waals surface area (Å²) in [7, 11) is 0. The molecule has 1 saturated heterocycles. The van der Waals surface area contributed by atoms with Gasteiger partial charge in [0.2, 0.25) is 0 Å². The van der Waals surface area contributed by atoms with Crippen LogP contribution >= 0.6 is 0 Å². The van der Waals surface area contributed by atoms with Crippen LogP contribution in [-0.4, -0.2) is 31.7 Å². The summed E-state index contributed by atoms with van der Waals surface area (Å²) in [6.07, 6.45) is 2.04. The van der Waals surface area contributed by atoms with Crippen molar-refractivity contribution in [3.63, 3.8) is 0 Å². The van der Waals surface area contributed by atoms with Gasteiger partial charge in [-0.15, -0.1) is 0 Å². The van der Waals surface area contributed by atoms with Crippen LogP contribution in [0.15, 0.2) is 18.2 Å². The van der Waals surface area contributed by atoms with Crippen LogP contribution in [0.1, 0.15) is 29.3 Å². The highest BCUT2D eigenvalue weighted by Gasteiger charge is 2.24. The van der Waals surface area contributed by atoms with Gasteiger partial charge in [-0.3, -0.25) is 4.79 Å². The Bertz CT molecular complexity index is 481. The van der Waals surface area contributed by atoms with Gasteiger partial charge in [-0.2, -0.15) is 0 Å². The minimum absolute atomic E-state index is 0.0223. The molecular weight excluding hydrogens is 240 g/mol. The molecule has 2 N–H and O–H groups in total. The fourth-order valence-corrected chi connectivity index (χ4v) is 2.80. The van der Waals surface area contributed by atoms with Crippen LogP contribution in [0.2, 0.25) is 0 Å². The molecule has 3 rings (SSSR count). The molecule has 0 spiro atoms. The molecule has 2 aliphatic heterocycles. The summed E-state index contributed by atoms with van der Waals surface area (Å²) in [4.78, 5) is 12.2. The number of anilines is 1. The maximum atomic E-state index is 12.2. The number of fused-ring (bicyclic) bond motifs is 1. The molecule has 4 nitrogen and oxygen atoms in total. The van der Waals surface area contributed by atoms with Crippen LogP contribution in [0.5, 0.6) is 0 Å². The molecule has 0 aromatic heterocycles. The van der Waals surface area contributed by atoms with Crippen molar-refractivity contribution in [1.82, 2.24) is 5.32 Å². The molecule has 102 valence electrons. The maximum Gasteiger partial charge on any atom is 0.251 e. The van der Waals surface area contributed by atoms with Crippen LogP contribution < -0.4 is 10.6 Å². The van der Waals surface area contributed by atoms with Crippen molar-refractivity contribution in [3.8, 4) is 0 Å². The summed E-state index contributed by atoms with van der Waals surface area (Å²) < 4.78 is 5.37. The first-order chi connectivity index (χ1) is 9.24. The van der Waals surface area contributed by atoms with Crippen molar-refractivity contribution in [1.29, 1.82) is 0 Å². The van der Waals surface area contributed by atoms with Crippen LogP contribution in [0.4, 0.5) is 5.69 Å². The lowest BCUT2D eigenvalue weighted by Gasteiger charge is -2.19.